The van der Waals surface area contributed by atoms with E-state index >= 15 is 0 Å². The molecule has 11 heteroatoms. The maximum absolute atomic E-state index is 12.5. The lowest BCUT2D eigenvalue weighted by Crippen LogP contribution is -2.25. The standard InChI is InChI=1S/C16H16N4O6S/c1-2-5-17-14(23)10-4-3-9(7-13(21)22)11(6-10)15(24)19-16-18-8-12(27-16)20(25)26/h3-4,6,8H,2,5,7H2,1H3,(H,17,23)(H,21,22)(H,18,19,24). The summed E-state index contributed by atoms with van der Waals surface area (Å²) in [5, 5.41) is 24.5. The normalized spacial score (nSPS) is 10.3. The molecule has 1 aromatic heterocycles. The molecule has 0 radical (unpaired) electrons. The summed E-state index contributed by atoms with van der Waals surface area (Å²) < 4.78 is 0. The van der Waals surface area contributed by atoms with Crippen molar-refractivity contribution in [3.63, 3.8) is 0 Å². The van der Waals surface area contributed by atoms with E-state index in [1.165, 1.54) is 18.2 Å². The van der Waals surface area contributed by atoms with E-state index in [1.807, 2.05) is 6.92 Å². The number of aromatic nitrogens is 1. The number of nitrogens with one attached hydrogen (secondary N) is 2. The number of carboxylic acids is 1. The molecular formula is C16H16N4O6S. The molecule has 3 N–H and O–H groups in total. The van der Waals surface area contributed by atoms with Crippen molar-refractivity contribution >= 4 is 39.3 Å². The zero-order chi connectivity index (χ0) is 20.0. The predicted octanol–water partition coefficient (Wildman–Crippen LogP) is 2.07. The summed E-state index contributed by atoms with van der Waals surface area (Å²) in [5.74, 6) is -2.24. The van der Waals surface area contributed by atoms with Crippen molar-refractivity contribution in [3.05, 3.63) is 51.2 Å². The number of carboxylic acid groups (broad SMARTS) is 1. The van der Waals surface area contributed by atoms with Crippen molar-refractivity contribution in [3.8, 4) is 0 Å². The topological polar surface area (TPSA) is 152 Å². The lowest BCUT2D eigenvalue weighted by atomic mass is 10.00. The zero-order valence-electron chi connectivity index (χ0n) is 14.2. The predicted molar refractivity (Wildman–Crippen MR) is 97.1 cm³/mol. The molecule has 2 aromatic rings. The van der Waals surface area contributed by atoms with Gasteiger partial charge in [0.05, 0.1) is 11.3 Å². The molecule has 0 aliphatic carbocycles. The molecule has 10 nitrogen and oxygen atoms in total. The zero-order valence-corrected chi connectivity index (χ0v) is 15.0. The van der Waals surface area contributed by atoms with E-state index in [-0.39, 0.29) is 26.8 Å². The van der Waals surface area contributed by atoms with E-state index in [0.717, 1.165) is 12.6 Å². The van der Waals surface area contributed by atoms with Gasteiger partial charge in [0.25, 0.3) is 11.8 Å². The van der Waals surface area contributed by atoms with Gasteiger partial charge in [-0.25, -0.2) is 4.98 Å². The van der Waals surface area contributed by atoms with E-state index in [4.69, 9.17) is 5.11 Å². The average Bonchev–Trinajstić information content (AvgIpc) is 3.08. The van der Waals surface area contributed by atoms with Crippen LogP contribution in [0.2, 0.25) is 0 Å². The molecule has 0 saturated heterocycles. The van der Waals surface area contributed by atoms with Crippen molar-refractivity contribution in [2.24, 2.45) is 0 Å². The lowest BCUT2D eigenvalue weighted by Gasteiger charge is -2.10. The number of rotatable bonds is 8. The summed E-state index contributed by atoms with van der Waals surface area (Å²) in [7, 11) is 0. The first-order chi connectivity index (χ1) is 12.8. The fourth-order valence-corrected chi connectivity index (χ4v) is 2.79. The highest BCUT2D eigenvalue weighted by atomic mass is 32.1. The number of carbonyl (C=O) groups is 3. The van der Waals surface area contributed by atoms with Gasteiger partial charge >= 0.3 is 11.0 Å². The Morgan fingerprint density at radius 2 is 2.04 bits per heavy atom. The van der Waals surface area contributed by atoms with Crippen LogP contribution >= 0.6 is 11.3 Å². The second-order valence-corrected chi connectivity index (χ2v) is 6.42. The molecule has 0 bridgehead atoms. The van der Waals surface area contributed by atoms with Crippen LogP contribution in [0.15, 0.2) is 24.4 Å². The van der Waals surface area contributed by atoms with Crippen LogP contribution < -0.4 is 10.6 Å². The number of aliphatic carboxylic acids is 1. The number of amides is 2. The summed E-state index contributed by atoms with van der Waals surface area (Å²) in [5.41, 5.74) is 0.394. The van der Waals surface area contributed by atoms with Gasteiger partial charge < -0.3 is 10.4 Å². The number of thiazole rings is 1. The molecule has 0 fully saturated rings. The maximum Gasteiger partial charge on any atom is 0.345 e. The van der Waals surface area contributed by atoms with Crippen LogP contribution in [-0.2, 0) is 11.2 Å². The van der Waals surface area contributed by atoms with Gasteiger partial charge in [-0.05, 0) is 35.5 Å². The fraction of sp³-hybridized carbons (Fsp3) is 0.250. The minimum atomic E-state index is -1.14. The molecule has 0 saturated carbocycles. The fourth-order valence-electron chi connectivity index (χ4n) is 2.16. The van der Waals surface area contributed by atoms with Crippen LogP contribution in [0.4, 0.5) is 10.1 Å². The molecule has 142 valence electrons. The van der Waals surface area contributed by atoms with Gasteiger partial charge in [0.1, 0.15) is 6.20 Å². The Balaban J connectivity index is 2.31. The van der Waals surface area contributed by atoms with Crippen LogP contribution in [0.5, 0.6) is 0 Å². The van der Waals surface area contributed by atoms with Gasteiger partial charge in [0.15, 0.2) is 5.13 Å². The molecule has 0 unspecified atom stereocenters. The first-order valence-corrected chi connectivity index (χ1v) is 8.68. The molecule has 0 aliphatic rings. The second-order valence-electron chi connectivity index (χ2n) is 5.41. The Bertz CT molecular complexity index is 895. The minimum Gasteiger partial charge on any atom is -0.481 e. The average molecular weight is 392 g/mol. The van der Waals surface area contributed by atoms with E-state index in [0.29, 0.717) is 17.9 Å². The molecule has 1 heterocycles. The van der Waals surface area contributed by atoms with Crippen molar-refractivity contribution in [2.75, 3.05) is 11.9 Å². The Labute approximate surface area is 157 Å². The number of nitrogens with zero attached hydrogens (tertiary/aromatic N) is 2. The highest BCUT2D eigenvalue weighted by Crippen LogP contribution is 2.26. The summed E-state index contributed by atoms with van der Waals surface area (Å²) in [4.78, 5) is 49.5. The third-order valence-corrected chi connectivity index (χ3v) is 4.25. The molecule has 2 rings (SSSR count). The Morgan fingerprint density at radius 1 is 1.30 bits per heavy atom. The molecule has 27 heavy (non-hydrogen) atoms. The van der Waals surface area contributed by atoms with Gasteiger partial charge in [-0.2, -0.15) is 0 Å². The molecule has 0 spiro atoms. The largest absolute Gasteiger partial charge is 0.481 e. The van der Waals surface area contributed by atoms with Crippen molar-refractivity contribution in [1.82, 2.24) is 10.3 Å². The Morgan fingerprint density at radius 3 is 2.63 bits per heavy atom. The van der Waals surface area contributed by atoms with E-state index in [9.17, 15) is 24.5 Å². The number of anilines is 1. The summed E-state index contributed by atoms with van der Waals surface area (Å²) >= 11 is 0.668. The van der Waals surface area contributed by atoms with Gasteiger partial charge in [0.2, 0.25) is 0 Å². The van der Waals surface area contributed by atoms with Gasteiger partial charge in [-0.3, -0.25) is 29.8 Å². The van der Waals surface area contributed by atoms with Crippen LogP contribution in [0.1, 0.15) is 39.6 Å². The van der Waals surface area contributed by atoms with Crippen LogP contribution in [0, 0.1) is 10.1 Å². The van der Waals surface area contributed by atoms with E-state index < -0.39 is 29.1 Å². The Hall–Kier alpha value is -3.34. The van der Waals surface area contributed by atoms with Gasteiger partial charge in [0, 0.05) is 17.7 Å². The van der Waals surface area contributed by atoms with Crippen LogP contribution in [0.25, 0.3) is 0 Å². The quantitative estimate of drug-likeness (QED) is 0.459. The third-order valence-electron chi connectivity index (χ3n) is 3.39. The summed E-state index contributed by atoms with van der Waals surface area (Å²) in [6.45, 7) is 2.35. The number of carbonyl (C=O) groups excluding carboxylic acids is 2. The molecule has 1 aromatic carbocycles. The molecule has 0 aliphatic heterocycles. The second kappa shape index (κ2) is 8.85. The first-order valence-electron chi connectivity index (χ1n) is 7.86. The molecular weight excluding hydrogens is 376 g/mol. The number of benzene rings is 1. The minimum absolute atomic E-state index is 0.00573. The third kappa shape index (κ3) is 5.31. The highest BCUT2D eigenvalue weighted by molar-refractivity contribution is 7.18. The van der Waals surface area contributed by atoms with E-state index in [2.05, 4.69) is 15.6 Å². The first kappa shape index (κ1) is 20.0. The molecule has 2 amide bonds. The SMILES string of the molecule is CCCNC(=O)c1ccc(CC(=O)O)c(C(=O)Nc2ncc([N+](=O)[O-])s2)c1. The smallest absolute Gasteiger partial charge is 0.345 e. The van der Waals surface area contributed by atoms with Gasteiger partial charge in [-0.15, -0.1) is 0 Å². The maximum atomic E-state index is 12.5. The molecule has 0 atom stereocenters. The van der Waals surface area contributed by atoms with Crippen LogP contribution in [-0.4, -0.2) is 39.3 Å². The van der Waals surface area contributed by atoms with Crippen molar-refractivity contribution in [1.29, 1.82) is 0 Å². The number of hydrogen-bond donors (Lipinski definition) is 3. The summed E-state index contributed by atoms with van der Waals surface area (Å²) in [6, 6.07) is 4.13. The lowest BCUT2D eigenvalue weighted by molar-refractivity contribution is -0.380. The monoisotopic (exact) mass is 392 g/mol. The summed E-state index contributed by atoms with van der Waals surface area (Å²) in [6.07, 6.45) is 1.32. The number of nitro groups is 1. The highest BCUT2D eigenvalue weighted by Gasteiger charge is 2.19. The van der Waals surface area contributed by atoms with Crippen LogP contribution in [0.3, 0.4) is 0 Å². The number of hydrogen-bond acceptors (Lipinski definition) is 7. The Kier molecular flexibility index (Phi) is 6.55. The van der Waals surface area contributed by atoms with E-state index in [1.54, 1.807) is 0 Å². The van der Waals surface area contributed by atoms with Gasteiger partial charge in [-0.1, -0.05) is 13.0 Å². The van der Waals surface area contributed by atoms with Crippen molar-refractivity contribution < 1.29 is 24.4 Å². The van der Waals surface area contributed by atoms with Crippen molar-refractivity contribution in [2.45, 2.75) is 19.8 Å².